The Kier molecular flexibility index (Phi) is 6.64. The smallest absolute Gasteiger partial charge is 0.189 e. The van der Waals surface area contributed by atoms with Crippen LogP contribution in [0.25, 0.3) is 0 Å². The van der Waals surface area contributed by atoms with E-state index in [2.05, 4.69) is 14.9 Å². The third-order valence-corrected chi connectivity index (χ3v) is 4.96. The Hall–Kier alpha value is -1.21. The van der Waals surface area contributed by atoms with Crippen LogP contribution in [0.5, 0.6) is 5.75 Å². The van der Waals surface area contributed by atoms with Crippen molar-refractivity contribution >= 4 is 40.8 Å². The van der Waals surface area contributed by atoms with Gasteiger partial charge in [-0.25, -0.2) is 9.97 Å². The van der Waals surface area contributed by atoms with Crippen LogP contribution in [-0.2, 0) is 4.74 Å². The van der Waals surface area contributed by atoms with E-state index >= 15 is 0 Å². The quantitative estimate of drug-likeness (QED) is 0.413. The fourth-order valence-corrected chi connectivity index (χ4v) is 3.60. The number of hydrogen-bond donors (Lipinski definition) is 0. The highest BCUT2D eigenvalue weighted by atomic mass is 35.5. The van der Waals surface area contributed by atoms with Crippen molar-refractivity contribution in [1.29, 1.82) is 0 Å². The van der Waals surface area contributed by atoms with E-state index in [0.29, 0.717) is 22.4 Å². The monoisotopic (exact) mass is 399 g/mol. The molecule has 1 aromatic carbocycles. The second-order valence-electron chi connectivity index (χ2n) is 5.52. The van der Waals surface area contributed by atoms with Gasteiger partial charge < -0.3 is 14.4 Å². The second kappa shape index (κ2) is 8.94. The fraction of sp³-hybridized carbons (Fsp3) is 0.412. The summed E-state index contributed by atoms with van der Waals surface area (Å²) in [5.41, 5.74) is 0.959. The van der Waals surface area contributed by atoms with Crippen LogP contribution in [0.3, 0.4) is 0 Å². The van der Waals surface area contributed by atoms with Gasteiger partial charge in [-0.05, 0) is 25.1 Å². The van der Waals surface area contributed by atoms with Gasteiger partial charge >= 0.3 is 0 Å². The molecule has 0 N–H and O–H groups in total. The lowest BCUT2D eigenvalue weighted by Gasteiger charge is -2.28. The molecule has 1 aliphatic rings. The van der Waals surface area contributed by atoms with Gasteiger partial charge in [-0.3, -0.25) is 0 Å². The standard InChI is InChI=1S/C17H19Cl2N3O2S/c1-12-10-16(22-4-6-23-7-5-22)21-17(20-12)25-9-8-24-15-3-2-13(18)11-14(15)19/h2-3,10-11H,4-9H2,1H3. The van der Waals surface area contributed by atoms with Crippen molar-refractivity contribution in [2.24, 2.45) is 0 Å². The molecular formula is C17H19Cl2N3O2S. The van der Waals surface area contributed by atoms with Crippen LogP contribution >= 0.6 is 35.0 Å². The summed E-state index contributed by atoms with van der Waals surface area (Å²) in [5, 5.41) is 1.86. The largest absolute Gasteiger partial charge is 0.491 e. The van der Waals surface area contributed by atoms with E-state index in [0.717, 1.165) is 48.7 Å². The van der Waals surface area contributed by atoms with E-state index in [9.17, 15) is 0 Å². The average molecular weight is 400 g/mol. The van der Waals surface area contributed by atoms with E-state index < -0.39 is 0 Å². The van der Waals surface area contributed by atoms with Gasteiger partial charge in [0.1, 0.15) is 11.6 Å². The minimum Gasteiger partial charge on any atom is -0.491 e. The van der Waals surface area contributed by atoms with Crippen LogP contribution in [0.15, 0.2) is 29.4 Å². The number of ether oxygens (including phenoxy) is 2. The van der Waals surface area contributed by atoms with Gasteiger partial charge in [0.15, 0.2) is 5.16 Å². The maximum atomic E-state index is 6.10. The molecule has 3 rings (SSSR count). The summed E-state index contributed by atoms with van der Waals surface area (Å²) < 4.78 is 11.1. The van der Waals surface area contributed by atoms with Gasteiger partial charge in [0.05, 0.1) is 24.8 Å². The van der Waals surface area contributed by atoms with Crippen molar-refractivity contribution in [1.82, 2.24) is 9.97 Å². The lowest BCUT2D eigenvalue weighted by atomic mass is 10.3. The number of halogens is 2. The summed E-state index contributed by atoms with van der Waals surface area (Å²) in [6.45, 7) is 5.69. The topological polar surface area (TPSA) is 47.5 Å². The molecule has 0 amide bonds. The van der Waals surface area contributed by atoms with Gasteiger partial charge in [0.2, 0.25) is 0 Å². The molecule has 0 bridgehead atoms. The van der Waals surface area contributed by atoms with Gasteiger partial charge in [-0.15, -0.1) is 0 Å². The predicted octanol–water partition coefficient (Wildman–Crippen LogP) is 4.10. The number of nitrogens with zero attached hydrogens (tertiary/aromatic N) is 3. The summed E-state index contributed by atoms with van der Waals surface area (Å²) >= 11 is 13.5. The van der Waals surface area contributed by atoms with Crippen molar-refractivity contribution in [2.75, 3.05) is 43.6 Å². The molecule has 25 heavy (non-hydrogen) atoms. The summed E-state index contributed by atoms with van der Waals surface area (Å²) in [6.07, 6.45) is 0. The molecule has 1 saturated heterocycles. The number of aromatic nitrogens is 2. The molecule has 1 aliphatic heterocycles. The molecule has 0 atom stereocenters. The molecule has 0 unspecified atom stereocenters. The number of aryl methyl sites for hydroxylation is 1. The van der Waals surface area contributed by atoms with Gasteiger partial charge in [0, 0.05) is 35.6 Å². The highest BCUT2D eigenvalue weighted by Gasteiger charge is 2.14. The van der Waals surface area contributed by atoms with Crippen LogP contribution in [0.4, 0.5) is 5.82 Å². The first kappa shape index (κ1) is 18.6. The zero-order valence-corrected chi connectivity index (χ0v) is 16.2. The number of benzene rings is 1. The van der Waals surface area contributed by atoms with E-state index in [1.807, 2.05) is 13.0 Å². The predicted molar refractivity (Wildman–Crippen MR) is 102 cm³/mol. The number of thioether (sulfide) groups is 1. The van der Waals surface area contributed by atoms with E-state index in [1.54, 1.807) is 30.0 Å². The third kappa shape index (κ3) is 5.38. The van der Waals surface area contributed by atoms with Crippen molar-refractivity contribution in [3.63, 3.8) is 0 Å². The van der Waals surface area contributed by atoms with Crippen LogP contribution < -0.4 is 9.64 Å². The fourth-order valence-electron chi connectivity index (χ4n) is 2.42. The Morgan fingerprint density at radius 1 is 1.20 bits per heavy atom. The SMILES string of the molecule is Cc1cc(N2CCOCC2)nc(SCCOc2ccc(Cl)cc2Cl)n1. The normalized spacial score (nSPS) is 14.6. The first-order valence-corrected chi connectivity index (χ1v) is 9.75. The molecule has 0 aliphatic carbocycles. The summed E-state index contributed by atoms with van der Waals surface area (Å²) in [4.78, 5) is 11.4. The summed E-state index contributed by atoms with van der Waals surface area (Å²) in [5.74, 6) is 2.32. The molecule has 0 radical (unpaired) electrons. The molecule has 2 heterocycles. The van der Waals surface area contributed by atoms with Crippen LogP contribution in [0.2, 0.25) is 10.0 Å². The zero-order valence-electron chi connectivity index (χ0n) is 13.9. The molecule has 0 spiro atoms. The molecule has 8 heteroatoms. The Morgan fingerprint density at radius 3 is 2.76 bits per heavy atom. The highest BCUT2D eigenvalue weighted by molar-refractivity contribution is 7.99. The summed E-state index contributed by atoms with van der Waals surface area (Å²) in [7, 11) is 0. The Labute approximate surface area is 161 Å². The lowest BCUT2D eigenvalue weighted by Crippen LogP contribution is -2.36. The van der Waals surface area contributed by atoms with E-state index in [4.69, 9.17) is 32.7 Å². The third-order valence-electron chi connectivity index (χ3n) is 3.62. The maximum Gasteiger partial charge on any atom is 0.189 e. The minimum absolute atomic E-state index is 0.510. The first-order valence-electron chi connectivity index (χ1n) is 8.01. The summed E-state index contributed by atoms with van der Waals surface area (Å²) in [6, 6.07) is 7.21. The molecular weight excluding hydrogens is 381 g/mol. The Balaban J connectivity index is 1.54. The average Bonchev–Trinajstić information content (AvgIpc) is 2.60. The van der Waals surface area contributed by atoms with Crippen LogP contribution in [-0.4, -0.2) is 48.6 Å². The van der Waals surface area contributed by atoms with E-state index in [1.165, 1.54) is 0 Å². The first-order chi connectivity index (χ1) is 12.1. The lowest BCUT2D eigenvalue weighted by molar-refractivity contribution is 0.122. The van der Waals surface area contributed by atoms with Gasteiger partial charge in [-0.2, -0.15) is 0 Å². The van der Waals surface area contributed by atoms with Crippen LogP contribution in [0.1, 0.15) is 5.69 Å². The van der Waals surface area contributed by atoms with Crippen LogP contribution in [0, 0.1) is 6.92 Å². The van der Waals surface area contributed by atoms with Gasteiger partial charge in [0.25, 0.3) is 0 Å². The van der Waals surface area contributed by atoms with E-state index in [-0.39, 0.29) is 0 Å². The van der Waals surface area contributed by atoms with Crippen molar-refractivity contribution in [2.45, 2.75) is 12.1 Å². The van der Waals surface area contributed by atoms with Crippen molar-refractivity contribution in [3.8, 4) is 5.75 Å². The Bertz CT molecular complexity index is 727. The number of hydrogen-bond acceptors (Lipinski definition) is 6. The number of anilines is 1. The molecule has 134 valence electrons. The molecule has 1 aromatic heterocycles. The highest BCUT2D eigenvalue weighted by Crippen LogP contribution is 2.28. The van der Waals surface area contributed by atoms with Crippen molar-refractivity contribution in [3.05, 3.63) is 40.0 Å². The minimum atomic E-state index is 0.510. The zero-order chi connectivity index (χ0) is 17.6. The molecule has 0 saturated carbocycles. The van der Waals surface area contributed by atoms with Crippen molar-refractivity contribution < 1.29 is 9.47 Å². The maximum absolute atomic E-state index is 6.10. The molecule has 5 nitrogen and oxygen atoms in total. The second-order valence-corrected chi connectivity index (χ2v) is 7.43. The Morgan fingerprint density at radius 2 is 2.00 bits per heavy atom. The number of rotatable bonds is 6. The van der Waals surface area contributed by atoms with Gasteiger partial charge in [-0.1, -0.05) is 35.0 Å². The molecule has 1 fully saturated rings. The molecule has 2 aromatic rings. The number of morpholine rings is 1.